The number of benzene rings is 1. The minimum Gasteiger partial charge on any atom is -0.377 e. The van der Waals surface area contributed by atoms with Gasteiger partial charge in [0, 0.05) is 49.4 Å². The molecule has 0 aliphatic carbocycles. The van der Waals surface area contributed by atoms with E-state index in [-0.39, 0.29) is 12.1 Å². The maximum absolute atomic E-state index is 12.2. The first kappa shape index (κ1) is 24.4. The van der Waals surface area contributed by atoms with Gasteiger partial charge in [-0.2, -0.15) is 0 Å². The minimum atomic E-state index is -3.28. The van der Waals surface area contributed by atoms with Gasteiger partial charge in [-0.1, -0.05) is 0 Å². The van der Waals surface area contributed by atoms with Crippen molar-refractivity contribution in [3.05, 3.63) is 35.5 Å². The predicted molar refractivity (Wildman–Crippen MR) is 132 cm³/mol. The Morgan fingerprint density at radius 2 is 1.88 bits per heavy atom. The van der Waals surface area contributed by atoms with Gasteiger partial charge in [0.1, 0.15) is 5.82 Å². The molecule has 1 aromatic carbocycles. The number of fused-ring (bicyclic) bond motifs is 1. The van der Waals surface area contributed by atoms with E-state index in [4.69, 9.17) is 14.7 Å². The molecule has 2 aliphatic rings. The Morgan fingerprint density at radius 1 is 1.15 bits per heavy atom. The van der Waals surface area contributed by atoms with Gasteiger partial charge < -0.3 is 20.3 Å². The van der Waals surface area contributed by atoms with Gasteiger partial charge in [0.15, 0.2) is 5.82 Å². The van der Waals surface area contributed by atoms with Gasteiger partial charge in [-0.25, -0.2) is 27.5 Å². The standard InChI is InChI=1S/C23H32N6O4S/c1-4-24-23(30)25-18-7-5-17(6-8-18)21-26-20-10-12-28(34(3,31)32)11-9-19(20)22(27-21)29-13-14-33-15-16(29)2/h5-8,16H,4,9-15H2,1-3H3,(H2,24,25,30)/t16-/m0/s1. The smallest absolute Gasteiger partial charge is 0.319 e. The summed E-state index contributed by atoms with van der Waals surface area (Å²) in [6.45, 7) is 7.28. The number of nitrogens with one attached hydrogen (secondary N) is 2. The van der Waals surface area contributed by atoms with E-state index in [0.717, 1.165) is 29.2 Å². The number of amides is 2. The zero-order chi connectivity index (χ0) is 24.3. The van der Waals surface area contributed by atoms with E-state index >= 15 is 0 Å². The Morgan fingerprint density at radius 3 is 2.56 bits per heavy atom. The molecule has 10 nitrogen and oxygen atoms in total. The van der Waals surface area contributed by atoms with Gasteiger partial charge in [0.25, 0.3) is 0 Å². The lowest BCUT2D eigenvalue weighted by molar-refractivity contribution is 0.0984. The summed E-state index contributed by atoms with van der Waals surface area (Å²) in [5.74, 6) is 1.44. The summed E-state index contributed by atoms with van der Waals surface area (Å²) >= 11 is 0. The summed E-state index contributed by atoms with van der Waals surface area (Å²) in [5, 5.41) is 5.50. The van der Waals surface area contributed by atoms with E-state index < -0.39 is 10.0 Å². The lowest BCUT2D eigenvalue weighted by atomic mass is 10.1. The van der Waals surface area contributed by atoms with Crippen LogP contribution in [0.3, 0.4) is 0 Å². The Balaban J connectivity index is 1.70. The Hall–Kier alpha value is -2.76. The van der Waals surface area contributed by atoms with Crippen LogP contribution in [0, 0.1) is 0 Å². The number of hydrogen-bond acceptors (Lipinski definition) is 7. The molecule has 0 unspecified atom stereocenters. The number of morpholine rings is 1. The number of anilines is 2. The van der Waals surface area contributed by atoms with Crippen molar-refractivity contribution in [2.75, 3.05) is 55.9 Å². The van der Waals surface area contributed by atoms with Crippen molar-refractivity contribution in [2.45, 2.75) is 32.7 Å². The minimum absolute atomic E-state index is 0.151. The number of nitrogens with zero attached hydrogens (tertiary/aromatic N) is 4. The molecule has 2 aromatic rings. The summed E-state index contributed by atoms with van der Waals surface area (Å²) in [6.07, 6.45) is 2.35. The molecule has 34 heavy (non-hydrogen) atoms. The van der Waals surface area contributed by atoms with Crippen LogP contribution in [-0.2, 0) is 27.6 Å². The highest BCUT2D eigenvalue weighted by atomic mass is 32.2. The summed E-state index contributed by atoms with van der Waals surface area (Å²) in [5.41, 5.74) is 3.40. The molecule has 184 valence electrons. The first-order valence-corrected chi connectivity index (χ1v) is 13.5. The number of sulfonamides is 1. The molecular weight excluding hydrogens is 456 g/mol. The Bertz CT molecular complexity index is 1140. The third kappa shape index (κ3) is 5.48. The highest BCUT2D eigenvalue weighted by molar-refractivity contribution is 7.88. The van der Waals surface area contributed by atoms with Crippen LogP contribution in [0.2, 0.25) is 0 Å². The summed E-state index contributed by atoms with van der Waals surface area (Å²) in [6, 6.07) is 7.31. The van der Waals surface area contributed by atoms with Crippen molar-refractivity contribution in [1.82, 2.24) is 19.6 Å². The van der Waals surface area contributed by atoms with Gasteiger partial charge in [0.05, 0.1) is 31.2 Å². The Labute approximate surface area is 200 Å². The highest BCUT2D eigenvalue weighted by Gasteiger charge is 2.29. The second-order valence-electron chi connectivity index (χ2n) is 8.64. The molecule has 2 amide bonds. The van der Waals surface area contributed by atoms with Crippen molar-refractivity contribution < 1.29 is 17.9 Å². The lowest BCUT2D eigenvalue weighted by Crippen LogP contribution is -2.45. The van der Waals surface area contributed by atoms with E-state index in [1.807, 2.05) is 31.2 Å². The van der Waals surface area contributed by atoms with E-state index in [1.54, 1.807) is 0 Å². The zero-order valence-corrected chi connectivity index (χ0v) is 20.7. The van der Waals surface area contributed by atoms with Gasteiger partial charge in [0.2, 0.25) is 10.0 Å². The molecule has 1 atom stereocenters. The number of ether oxygens (including phenoxy) is 1. The van der Waals surface area contributed by atoms with Crippen molar-refractivity contribution >= 4 is 27.6 Å². The van der Waals surface area contributed by atoms with Gasteiger partial charge in [-0.15, -0.1) is 0 Å². The first-order valence-electron chi connectivity index (χ1n) is 11.6. The summed E-state index contributed by atoms with van der Waals surface area (Å²) in [4.78, 5) is 23.9. The predicted octanol–water partition coefficient (Wildman–Crippen LogP) is 1.87. The Kier molecular flexibility index (Phi) is 7.34. The molecule has 0 spiro atoms. The summed E-state index contributed by atoms with van der Waals surface area (Å²) in [7, 11) is -3.28. The fraction of sp³-hybridized carbons (Fsp3) is 0.522. The lowest BCUT2D eigenvalue weighted by Gasteiger charge is -2.36. The second-order valence-corrected chi connectivity index (χ2v) is 10.6. The maximum Gasteiger partial charge on any atom is 0.319 e. The zero-order valence-electron chi connectivity index (χ0n) is 19.9. The molecule has 0 saturated carbocycles. The molecule has 0 radical (unpaired) electrons. The van der Waals surface area contributed by atoms with E-state index in [9.17, 15) is 13.2 Å². The molecule has 1 aromatic heterocycles. The quantitative estimate of drug-likeness (QED) is 0.660. The number of urea groups is 1. The van der Waals surface area contributed by atoms with Crippen molar-refractivity contribution in [3.63, 3.8) is 0 Å². The molecule has 2 aliphatic heterocycles. The third-order valence-electron chi connectivity index (χ3n) is 6.13. The second kappa shape index (κ2) is 10.2. The van der Waals surface area contributed by atoms with Crippen LogP contribution in [0.25, 0.3) is 11.4 Å². The fourth-order valence-electron chi connectivity index (χ4n) is 4.34. The van der Waals surface area contributed by atoms with Crippen molar-refractivity contribution in [2.24, 2.45) is 0 Å². The monoisotopic (exact) mass is 488 g/mol. The number of rotatable bonds is 5. The van der Waals surface area contributed by atoms with Crippen LogP contribution in [0.5, 0.6) is 0 Å². The van der Waals surface area contributed by atoms with E-state index in [0.29, 0.717) is 57.2 Å². The van der Waals surface area contributed by atoms with Crippen LogP contribution in [0.15, 0.2) is 24.3 Å². The van der Waals surface area contributed by atoms with Crippen LogP contribution in [-0.4, -0.2) is 80.4 Å². The van der Waals surface area contributed by atoms with Crippen LogP contribution in [0.1, 0.15) is 25.1 Å². The number of hydrogen-bond donors (Lipinski definition) is 2. The number of aromatic nitrogens is 2. The topological polar surface area (TPSA) is 117 Å². The number of carbonyl (C=O) groups excluding carboxylic acids is 1. The molecular formula is C23H32N6O4S. The SMILES string of the molecule is CCNC(=O)Nc1ccc(-c2nc3c(c(N4CCOC[C@@H]4C)n2)CCN(S(C)(=O)=O)CC3)cc1. The maximum atomic E-state index is 12.2. The highest BCUT2D eigenvalue weighted by Crippen LogP contribution is 2.31. The molecule has 0 bridgehead atoms. The number of carbonyl (C=O) groups is 1. The van der Waals surface area contributed by atoms with Crippen LogP contribution in [0.4, 0.5) is 16.3 Å². The van der Waals surface area contributed by atoms with Gasteiger partial charge in [-0.3, -0.25) is 0 Å². The normalized spacial score (nSPS) is 19.3. The largest absolute Gasteiger partial charge is 0.377 e. The van der Waals surface area contributed by atoms with Gasteiger partial charge >= 0.3 is 6.03 Å². The average molecular weight is 489 g/mol. The third-order valence-corrected chi connectivity index (χ3v) is 7.43. The molecule has 2 N–H and O–H groups in total. The fourth-order valence-corrected chi connectivity index (χ4v) is 5.18. The van der Waals surface area contributed by atoms with Crippen LogP contribution < -0.4 is 15.5 Å². The summed E-state index contributed by atoms with van der Waals surface area (Å²) < 4.78 is 31.5. The average Bonchev–Trinajstić information content (AvgIpc) is 3.02. The van der Waals surface area contributed by atoms with Crippen molar-refractivity contribution in [1.29, 1.82) is 0 Å². The molecule has 1 fully saturated rings. The first-order chi connectivity index (χ1) is 16.3. The van der Waals surface area contributed by atoms with Gasteiger partial charge in [-0.05, 0) is 44.5 Å². The van der Waals surface area contributed by atoms with Crippen molar-refractivity contribution in [3.8, 4) is 11.4 Å². The molecule has 3 heterocycles. The van der Waals surface area contributed by atoms with Crippen LogP contribution >= 0.6 is 0 Å². The van der Waals surface area contributed by atoms with E-state index in [2.05, 4.69) is 22.5 Å². The molecule has 1 saturated heterocycles. The molecule has 11 heteroatoms. The molecule has 4 rings (SSSR count). The van der Waals surface area contributed by atoms with E-state index in [1.165, 1.54) is 10.6 Å².